The summed E-state index contributed by atoms with van der Waals surface area (Å²) in [6, 6.07) is 4.75. The molecule has 1 aromatic rings. The monoisotopic (exact) mass is 210 g/mol. The van der Waals surface area contributed by atoms with E-state index in [0.717, 1.165) is 4.90 Å². The maximum Gasteiger partial charge on any atom is 0.293 e. The number of carbonyl (C=O) groups is 1. The molecule has 14 heavy (non-hydrogen) atoms. The number of amides is 1. The van der Waals surface area contributed by atoms with E-state index in [2.05, 4.69) is 5.32 Å². The molecule has 0 aliphatic carbocycles. The molecule has 0 spiro atoms. The predicted octanol–water partition coefficient (Wildman–Crippen LogP) is 1.64. The van der Waals surface area contributed by atoms with Crippen LogP contribution in [-0.4, -0.2) is 16.6 Å². The highest BCUT2D eigenvalue weighted by Crippen LogP contribution is 2.37. The number of benzene rings is 1. The van der Waals surface area contributed by atoms with Gasteiger partial charge in [0.2, 0.25) is 5.91 Å². The van der Waals surface area contributed by atoms with Crippen molar-refractivity contribution in [2.75, 3.05) is 11.1 Å². The van der Waals surface area contributed by atoms with Crippen LogP contribution in [0.25, 0.3) is 0 Å². The third-order valence-corrected chi connectivity index (χ3v) is 2.88. The molecule has 0 radical (unpaired) electrons. The first-order valence-corrected chi connectivity index (χ1v) is 4.87. The first kappa shape index (κ1) is 9.01. The van der Waals surface area contributed by atoms with Crippen LogP contribution < -0.4 is 5.32 Å². The summed E-state index contributed by atoms with van der Waals surface area (Å²) in [6.45, 7) is 0. The molecule has 1 aliphatic heterocycles. The maximum absolute atomic E-state index is 11.0. The van der Waals surface area contributed by atoms with Crippen LogP contribution in [-0.2, 0) is 4.79 Å². The molecule has 0 saturated heterocycles. The van der Waals surface area contributed by atoms with Crippen LogP contribution >= 0.6 is 11.8 Å². The number of hydrogen-bond acceptors (Lipinski definition) is 4. The van der Waals surface area contributed by atoms with Crippen LogP contribution in [0.15, 0.2) is 23.1 Å². The van der Waals surface area contributed by atoms with Crippen molar-refractivity contribution in [3.8, 4) is 0 Å². The highest BCUT2D eigenvalue weighted by Gasteiger charge is 2.23. The summed E-state index contributed by atoms with van der Waals surface area (Å²) < 4.78 is 0. The Morgan fingerprint density at radius 3 is 3.00 bits per heavy atom. The molecule has 5 nitrogen and oxygen atoms in total. The third-order valence-electron chi connectivity index (χ3n) is 1.82. The summed E-state index contributed by atoms with van der Waals surface area (Å²) in [6.07, 6.45) is 0. The number of thioether (sulfide) groups is 1. The number of fused-ring (bicyclic) bond motifs is 1. The second-order valence-corrected chi connectivity index (χ2v) is 3.76. The number of para-hydroxylation sites is 1. The minimum Gasteiger partial charge on any atom is -0.319 e. The highest BCUT2D eigenvalue weighted by molar-refractivity contribution is 8.00. The number of nitro groups is 1. The van der Waals surface area contributed by atoms with Crippen molar-refractivity contribution in [2.45, 2.75) is 4.90 Å². The molecule has 0 fully saturated rings. The average Bonchev–Trinajstić information content (AvgIpc) is 2.16. The van der Waals surface area contributed by atoms with Gasteiger partial charge in [0, 0.05) is 11.0 Å². The van der Waals surface area contributed by atoms with Gasteiger partial charge in [-0.2, -0.15) is 0 Å². The molecule has 0 aromatic heterocycles. The van der Waals surface area contributed by atoms with Crippen LogP contribution in [0.5, 0.6) is 0 Å². The molecule has 1 N–H and O–H groups in total. The molecular formula is C8H6N2O3S. The van der Waals surface area contributed by atoms with E-state index in [0.29, 0.717) is 11.4 Å². The normalized spacial score (nSPS) is 14.4. The van der Waals surface area contributed by atoms with E-state index in [1.807, 2.05) is 0 Å². The van der Waals surface area contributed by atoms with Gasteiger partial charge < -0.3 is 5.32 Å². The number of nitrogens with zero attached hydrogens (tertiary/aromatic N) is 1. The third kappa shape index (κ3) is 1.44. The summed E-state index contributed by atoms with van der Waals surface area (Å²) in [5.74, 6) is 0.116. The van der Waals surface area contributed by atoms with Crippen LogP contribution in [0.2, 0.25) is 0 Å². The number of rotatable bonds is 1. The fourth-order valence-electron chi connectivity index (χ4n) is 1.24. The summed E-state index contributed by atoms with van der Waals surface area (Å²) >= 11 is 1.31. The minimum absolute atomic E-state index is 0.0527. The smallest absolute Gasteiger partial charge is 0.293 e. The lowest BCUT2D eigenvalue weighted by Gasteiger charge is -2.15. The molecule has 0 saturated carbocycles. The van der Waals surface area contributed by atoms with Crippen LogP contribution in [0, 0.1) is 10.1 Å². The van der Waals surface area contributed by atoms with Crippen molar-refractivity contribution in [1.82, 2.24) is 0 Å². The first-order chi connectivity index (χ1) is 6.68. The molecule has 0 unspecified atom stereocenters. The zero-order valence-corrected chi connectivity index (χ0v) is 7.84. The largest absolute Gasteiger partial charge is 0.319 e. The van der Waals surface area contributed by atoms with Gasteiger partial charge in [0.1, 0.15) is 5.69 Å². The van der Waals surface area contributed by atoms with Crippen molar-refractivity contribution in [1.29, 1.82) is 0 Å². The predicted molar refractivity (Wildman–Crippen MR) is 52.5 cm³/mol. The Morgan fingerprint density at radius 2 is 2.29 bits per heavy atom. The van der Waals surface area contributed by atoms with E-state index < -0.39 is 4.92 Å². The molecule has 0 atom stereocenters. The van der Waals surface area contributed by atoms with Gasteiger partial charge in [-0.3, -0.25) is 14.9 Å². The van der Waals surface area contributed by atoms with Crippen LogP contribution in [0.1, 0.15) is 0 Å². The number of nitro benzene ring substituents is 1. The lowest BCUT2D eigenvalue weighted by molar-refractivity contribution is -0.384. The van der Waals surface area contributed by atoms with Gasteiger partial charge in [-0.1, -0.05) is 6.07 Å². The van der Waals surface area contributed by atoms with Crippen LogP contribution in [0.3, 0.4) is 0 Å². The molecule has 1 aromatic carbocycles. The van der Waals surface area contributed by atoms with Crippen molar-refractivity contribution in [3.05, 3.63) is 28.3 Å². The zero-order chi connectivity index (χ0) is 10.1. The molecular weight excluding hydrogens is 204 g/mol. The Morgan fingerprint density at radius 1 is 1.50 bits per heavy atom. The lowest BCUT2D eigenvalue weighted by Crippen LogP contribution is -2.19. The maximum atomic E-state index is 11.0. The summed E-state index contributed by atoms with van der Waals surface area (Å²) in [7, 11) is 0. The molecule has 2 rings (SSSR count). The minimum atomic E-state index is -0.495. The zero-order valence-electron chi connectivity index (χ0n) is 7.02. The molecule has 72 valence electrons. The summed E-state index contributed by atoms with van der Waals surface area (Å²) in [4.78, 5) is 21.9. The van der Waals surface area contributed by atoms with Gasteiger partial charge in [0.15, 0.2) is 0 Å². The molecule has 1 aliphatic rings. The molecule has 1 amide bonds. The van der Waals surface area contributed by atoms with Gasteiger partial charge in [-0.25, -0.2) is 0 Å². The fraction of sp³-hybridized carbons (Fsp3) is 0.125. The van der Waals surface area contributed by atoms with Gasteiger partial charge in [-0.05, 0) is 6.07 Å². The average molecular weight is 210 g/mol. The second kappa shape index (κ2) is 3.30. The second-order valence-electron chi connectivity index (χ2n) is 2.74. The van der Waals surface area contributed by atoms with Gasteiger partial charge in [0.05, 0.1) is 10.7 Å². The van der Waals surface area contributed by atoms with E-state index in [-0.39, 0.29) is 11.6 Å². The Balaban J connectivity index is 2.54. The number of carbonyl (C=O) groups excluding carboxylic acids is 1. The van der Waals surface area contributed by atoms with E-state index in [4.69, 9.17) is 0 Å². The van der Waals surface area contributed by atoms with E-state index in [1.165, 1.54) is 17.8 Å². The number of anilines is 1. The topological polar surface area (TPSA) is 72.2 Å². The standard InChI is InChI=1S/C8H6N2O3S/c11-7-4-14-6-3-1-2-5(10(12)13)8(6)9-7/h1-3H,4H2,(H,9,11). The van der Waals surface area contributed by atoms with Gasteiger partial charge >= 0.3 is 0 Å². The van der Waals surface area contributed by atoms with Crippen LogP contribution in [0.4, 0.5) is 11.4 Å². The Kier molecular flexibility index (Phi) is 2.12. The summed E-state index contributed by atoms with van der Waals surface area (Å²) in [5.41, 5.74) is 0.266. The van der Waals surface area contributed by atoms with Crippen molar-refractivity contribution in [3.63, 3.8) is 0 Å². The fourth-order valence-corrected chi connectivity index (χ4v) is 2.07. The summed E-state index contributed by atoms with van der Waals surface area (Å²) in [5, 5.41) is 13.1. The van der Waals surface area contributed by atoms with Crippen molar-refractivity contribution >= 4 is 29.0 Å². The van der Waals surface area contributed by atoms with Gasteiger partial charge in [0.25, 0.3) is 5.69 Å². The van der Waals surface area contributed by atoms with E-state index >= 15 is 0 Å². The Labute approximate surface area is 83.6 Å². The van der Waals surface area contributed by atoms with Gasteiger partial charge in [-0.15, -0.1) is 11.8 Å². The molecule has 6 heteroatoms. The molecule has 0 bridgehead atoms. The van der Waals surface area contributed by atoms with E-state index in [9.17, 15) is 14.9 Å². The number of nitrogens with one attached hydrogen (secondary N) is 1. The highest BCUT2D eigenvalue weighted by atomic mass is 32.2. The van der Waals surface area contributed by atoms with E-state index in [1.54, 1.807) is 12.1 Å². The SMILES string of the molecule is O=C1CSc2cccc([N+](=O)[O-])c2N1. The Bertz CT molecular complexity index is 419. The van der Waals surface area contributed by atoms with Crippen molar-refractivity contribution < 1.29 is 9.72 Å². The Hall–Kier alpha value is -1.56. The lowest BCUT2D eigenvalue weighted by atomic mass is 10.2. The first-order valence-electron chi connectivity index (χ1n) is 3.88. The quantitative estimate of drug-likeness (QED) is 0.565. The molecule has 1 heterocycles. The number of hydrogen-bond donors (Lipinski definition) is 1. The van der Waals surface area contributed by atoms with Crippen molar-refractivity contribution in [2.24, 2.45) is 0 Å².